The van der Waals surface area contributed by atoms with Crippen molar-refractivity contribution in [3.8, 4) is 0 Å². The second kappa shape index (κ2) is 5.80. The predicted octanol–water partition coefficient (Wildman–Crippen LogP) is 2.00. The van der Waals surface area contributed by atoms with Gasteiger partial charge >= 0.3 is 5.97 Å². The van der Waals surface area contributed by atoms with Crippen LogP contribution in [0.25, 0.3) is 0 Å². The maximum atomic E-state index is 12.8. The van der Waals surface area contributed by atoms with Crippen LogP contribution in [0.1, 0.15) is 19.8 Å². The normalized spacial score (nSPS) is 19.7. The number of nitrogens with zero attached hydrogens (tertiary/aromatic N) is 2. The van der Waals surface area contributed by atoms with Gasteiger partial charge in [0.25, 0.3) is 0 Å². The number of carbonyl (C=O) groups is 1. The first-order valence-corrected chi connectivity index (χ1v) is 6.24. The number of esters is 1. The highest BCUT2D eigenvalue weighted by molar-refractivity contribution is 5.73. The highest BCUT2D eigenvalue weighted by Crippen LogP contribution is 2.22. The molecule has 1 aliphatic heterocycles. The van der Waals surface area contributed by atoms with E-state index in [0.29, 0.717) is 19.0 Å². The molecule has 1 aromatic heterocycles. The summed E-state index contributed by atoms with van der Waals surface area (Å²) in [6, 6.07) is 3.03. The van der Waals surface area contributed by atoms with Crippen molar-refractivity contribution in [2.24, 2.45) is 5.92 Å². The lowest BCUT2D eigenvalue weighted by Gasteiger charge is -2.32. The van der Waals surface area contributed by atoms with E-state index in [2.05, 4.69) is 4.98 Å². The van der Waals surface area contributed by atoms with Gasteiger partial charge in [0.1, 0.15) is 11.6 Å². The number of rotatable bonds is 3. The van der Waals surface area contributed by atoms with Crippen molar-refractivity contribution in [2.75, 3.05) is 24.6 Å². The number of pyridine rings is 1. The summed E-state index contributed by atoms with van der Waals surface area (Å²) in [4.78, 5) is 17.7. The van der Waals surface area contributed by atoms with Crippen LogP contribution in [0.3, 0.4) is 0 Å². The van der Waals surface area contributed by atoms with Crippen LogP contribution < -0.4 is 4.90 Å². The first kappa shape index (κ1) is 12.8. The monoisotopic (exact) mass is 252 g/mol. The van der Waals surface area contributed by atoms with Gasteiger partial charge in [0.05, 0.1) is 18.7 Å². The van der Waals surface area contributed by atoms with Crippen molar-refractivity contribution < 1.29 is 13.9 Å². The van der Waals surface area contributed by atoms with Crippen molar-refractivity contribution in [3.05, 3.63) is 24.1 Å². The Morgan fingerprint density at radius 2 is 2.44 bits per heavy atom. The van der Waals surface area contributed by atoms with Crippen LogP contribution in [0, 0.1) is 11.7 Å². The van der Waals surface area contributed by atoms with Crippen molar-refractivity contribution in [3.63, 3.8) is 0 Å². The minimum atomic E-state index is -0.349. The van der Waals surface area contributed by atoms with E-state index in [4.69, 9.17) is 4.74 Å². The Balaban J connectivity index is 2.02. The lowest BCUT2D eigenvalue weighted by molar-refractivity contribution is -0.148. The van der Waals surface area contributed by atoms with E-state index in [-0.39, 0.29) is 17.7 Å². The maximum Gasteiger partial charge on any atom is 0.310 e. The molecule has 4 nitrogen and oxygen atoms in total. The fourth-order valence-corrected chi connectivity index (χ4v) is 2.19. The topological polar surface area (TPSA) is 42.4 Å². The number of halogens is 1. The summed E-state index contributed by atoms with van der Waals surface area (Å²) in [5.74, 6) is 0.109. The molecule has 0 bridgehead atoms. The molecule has 0 aromatic carbocycles. The molecule has 0 spiro atoms. The molecule has 1 aromatic rings. The van der Waals surface area contributed by atoms with Crippen LogP contribution in [-0.2, 0) is 9.53 Å². The fraction of sp³-hybridized carbons (Fsp3) is 0.538. The number of anilines is 1. The third-order valence-corrected chi connectivity index (χ3v) is 3.08. The third kappa shape index (κ3) is 2.97. The van der Waals surface area contributed by atoms with E-state index < -0.39 is 0 Å². The number of hydrogen-bond donors (Lipinski definition) is 0. The molecule has 1 aliphatic rings. The standard InChI is InChI=1S/C13H17FN2O2/c1-2-18-13(17)10-4-3-7-16(9-10)12-6-5-11(14)8-15-12/h5-6,8,10H,2-4,7,9H2,1H3. The molecule has 1 unspecified atom stereocenters. The van der Waals surface area contributed by atoms with Crippen LogP contribution in [0.5, 0.6) is 0 Å². The minimum Gasteiger partial charge on any atom is -0.466 e. The highest BCUT2D eigenvalue weighted by atomic mass is 19.1. The summed E-state index contributed by atoms with van der Waals surface area (Å²) >= 11 is 0. The summed E-state index contributed by atoms with van der Waals surface area (Å²) < 4.78 is 17.8. The fourth-order valence-electron chi connectivity index (χ4n) is 2.19. The number of aromatic nitrogens is 1. The van der Waals surface area contributed by atoms with Gasteiger partial charge in [0.15, 0.2) is 0 Å². The zero-order valence-corrected chi connectivity index (χ0v) is 10.4. The Hall–Kier alpha value is -1.65. The van der Waals surface area contributed by atoms with Gasteiger partial charge in [0, 0.05) is 13.1 Å². The molecule has 2 rings (SSSR count). The zero-order chi connectivity index (χ0) is 13.0. The summed E-state index contributed by atoms with van der Waals surface area (Å²) in [5.41, 5.74) is 0. The molecule has 0 aliphatic carbocycles. The highest BCUT2D eigenvalue weighted by Gasteiger charge is 2.27. The maximum absolute atomic E-state index is 12.8. The summed E-state index contributed by atoms with van der Waals surface area (Å²) in [6.07, 6.45) is 2.96. The molecule has 0 amide bonds. The molecule has 1 atom stereocenters. The largest absolute Gasteiger partial charge is 0.466 e. The number of hydrogen-bond acceptors (Lipinski definition) is 4. The van der Waals surface area contributed by atoms with Crippen LogP contribution >= 0.6 is 0 Å². The van der Waals surface area contributed by atoms with Crippen LogP contribution in [0.15, 0.2) is 18.3 Å². The number of ether oxygens (including phenoxy) is 1. The number of carbonyl (C=O) groups excluding carboxylic acids is 1. The first-order valence-electron chi connectivity index (χ1n) is 6.24. The Kier molecular flexibility index (Phi) is 4.12. The smallest absolute Gasteiger partial charge is 0.310 e. The quantitative estimate of drug-likeness (QED) is 0.772. The van der Waals surface area contributed by atoms with Crippen molar-refractivity contribution >= 4 is 11.8 Å². The Morgan fingerprint density at radius 3 is 3.11 bits per heavy atom. The van der Waals surface area contributed by atoms with E-state index in [1.54, 1.807) is 13.0 Å². The molecule has 2 heterocycles. The molecular formula is C13H17FN2O2. The zero-order valence-electron chi connectivity index (χ0n) is 10.4. The minimum absolute atomic E-state index is 0.106. The second-order valence-corrected chi connectivity index (χ2v) is 4.37. The van der Waals surface area contributed by atoms with Crippen LogP contribution in [-0.4, -0.2) is 30.6 Å². The van der Waals surface area contributed by atoms with Crippen molar-refractivity contribution in [1.82, 2.24) is 4.98 Å². The Morgan fingerprint density at radius 1 is 1.61 bits per heavy atom. The van der Waals surface area contributed by atoms with Crippen LogP contribution in [0.4, 0.5) is 10.2 Å². The Labute approximate surface area is 106 Å². The molecule has 1 fully saturated rings. The number of piperidine rings is 1. The predicted molar refractivity (Wildman–Crippen MR) is 65.8 cm³/mol. The van der Waals surface area contributed by atoms with Crippen molar-refractivity contribution in [1.29, 1.82) is 0 Å². The van der Waals surface area contributed by atoms with E-state index in [9.17, 15) is 9.18 Å². The lowest BCUT2D eigenvalue weighted by atomic mass is 9.98. The molecule has 18 heavy (non-hydrogen) atoms. The molecule has 0 saturated carbocycles. The molecule has 98 valence electrons. The van der Waals surface area contributed by atoms with Gasteiger partial charge in [0.2, 0.25) is 0 Å². The second-order valence-electron chi connectivity index (χ2n) is 4.37. The van der Waals surface area contributed by atoms with Gasteiger partial charge < -0.3 is 9.64 Å². The van der Waals surface area contributed by atoms with Gasteiger partial charge in [-0.05, 0) is 31.9 Å². The molecule has 5 heteroatoms. The first-order chi connectivity index (χ1) is 8.70. The van der Waals surface area contributed by atoms with Crippen LogP contribution in [0.2, 0.25) is 0 Å². The van der Waals surface area contributed by atoms with Gasteiger partial charge in [-0.1, -0.05) is 0 Å². The average Bonchev–Trinajstić information content (AvgIpc) is 2.40. The van der Waals surface area contributed by atoms with Gasteiger partial charge in [-0.15, -0.1) is 0 Å². The van der Waals surface area contributed by atoms with E-state index in [0.717, 1.165) is 19.4 Å². The van der Waals surface area contributed by atoms with Gasteiger partial charge in [-0.2, -0.15) is 0 Å². The van der Waals surface area contributed by atoms with E-state index in [1.165, 1.54) is 12.3 Å². The SMILES string of the molecule is CCOC(=O)C1CCCN(c2ccc(F)cn2)C1. The third-order valence-electron chi connectivity index (χ3n) is 3.08. The Bertz CT molecular complexity index is 408. The summed E-state index contributed by atoms with van der Waals surface area (Å²) in [7, 11) is 0. The van der Waals surface area contributed by atoms with Gasteiger partial charge in [-0.3, -0.25) is 4.79 Å². The molecule has 0 radical (unpaired) electrons. The van der Waals surface area contributed by atoms with E-state index in [1.807, 2.05) is 4.90 Å². The summed E-state index contributed by atoms with van der Waals surface area (Å²) in [5, 5.41) is 0. The molecular weight excluding hydrogens is 235 g/mol. The average molecular weight is 252 g/mol. The van der Waals surface area contributed by atoms with E-state index >= 15 is 0 Å². The summed E-state index contributed by atoms with van der Waals surface area (Å²) in [6.45, 7) is 3.65. The van der Waals surface area contributed by atoms with Gasteiger partial charge in [-0.25, -0.2) is 9.37 Å². The van der Waals surface area contributed by atoms with Crippen molar-refractivity contribution in [2.45, 2.75) is 19.8 Å². The lowest BCUT2D eigenvalue weighted by Crippen LogP contribution is -2.39. The molecule has 1 saturated heterocycles. The molecule has 0 N–H and O–H groups in total.